The molecule has 2 N–H and O–H groups in total. The van der Waals surface area contributed by atoms with Crippen LogP contribution >= 0.6 is 0 Å². The van der Waals surface area contributed by atoms with Gasteiger partial charge in [0.15, 0.2) is 0 Å². The van der Waals surface area contributed by atoms with E-state index in [1.54, 1.807) is 0 Å². The molecule has 2 unspecified atom stereocenters. The van der Waals surface area contributed by atoms with Crippen molar-refractivity contribution in [2.75, 3.05) is 11.9 Å². The topological polar surface area (TPSA) is 41.1 Å². The van der Waals surface area contributed by atoms with Crippen molar-refractivity contribution >= 4 is 11.6 Å². The molecule has 0 aromatic heterocycles. The normalized spacial score (nSPS) is 19.7. The van der Waals surface area contributed by atoms with Crippen LogP contribution in [-0.2, 0) is 11.2 Å². The Morgan fingerprint density at radius 3 is 2.80 bits per heavy atom. The highest BCUT2D eigenvalue weighted by atomic mass is 16.1. The van der Waals surface area contributed by atoms with Gasteiger partial charge >= 0.3 is 0 Å². The Kier molecular flexibility index (Phi) is 4.36. The van der Waals surface area contributed by atoms with Crippen LogP contribution in [0, 0.1) is 11.3 Å². The maximum Gasteiger partial charge on any atom is 0.220 e. The van der Waals surface area contributed by atoms with Gasteiger partial charge in [-0.05, 0) is 29.4 Å². The molecular formula is C17H26N2O. The Bertz CT molecular complexity index is 476. The van der Waals surface area contributed by atoms with Crippen molar-refractivity contribution in [3.8, 4) is 0 Å². The predicted molar refractivity (Wildman–Crippen MR) is 83.8 cm³/mol. The lowest BCUT2D eigenvalue weighted by atomic mass is 9.80. The molecule has 3 heteroatoms. The van der Waals surface area contributed by atoms with Crippen LogP contribution in [0.25, 0.3) is 0 Å². The molecule has 0 aliphatic carbocycles. The smallest absolute Gasteiger partial charge is 0.220 e. The highest BCUT2D eigenvalue weighted by Gasteiger charge is 2.25. The van der Waals surface area contributed by atoms with Gasteiger partial charge in [-0.25, -0.2) is 0 Å². The maximum atomic E-state index is 12.1. The minimum Gasteiger partial charge on any atom is -0.383 e. The van der Waals surface area contributed by atoms with Crippen molar-refractivity contribution in [3.63, 3.8) is 0 Å². The van der Waals surface area contributed by atoms with Crippen molar-refractivity contribution < 1.29 is 4.79 Å². The van der Waals surface area contributed by atoms with E-state index < -0.39 is 0 Å². The third kappa shape index (κ3) is 3.75. The van der Waals surface area contributed by atoms with E-state index in [0.29, 0.717) is 12.3 Å². The summed E-state index contributed by atoms with van der Waals surface area (Å²) < 4.78 is 0. The summed E-state index contributed by atoms with van der Waals surface area (Å²) in [6.45, 7) is 9.51. The zero-order chi connectivity index (χ0) is 14.8. The van der Waals surface area contributed by atoms with Gasteiger partial charge in [0.1, 0.15) is 0 Å². The van der Waals surface area contributed by atoms with Crippen LogP contribution in [0.4, 0.5) is 5.69 Å². The number of anilines is 1. The Morgan fingerprint density at radius 2 is 2.10 bits per heavy atom. The summed E-state index contributed by atoms with van der Waals surface area (Å²) in [6.07, 6.45) is 1.51. The average Bonchev–Trinajstić information content (AvgIpc) is 2.37. The molecule has 1 aromatic rings. The Morgan fingerprint density at radius 1 is 1.40 bits per heavy atom. The molecule has 2 rings (SSSR count). The summed E-state index contributed by atoms with van der Waals surface area (Å²) in [5, 5.41) is 6.55. The molecule has 1 amide bonds. The molecule has 2 atom stereocenters. The molecule has 1 aromatic carbocycles. The average molecular weight is 274 g/mol. The third-order valence-electron chi connectivity index (χ3n) is 4.36. The van der Waals surface area contributed by atoms with E-state index in [-0.39, 0.29) is 17.4 Å². The molecule has 110 valence electrons. The Balaban J connectivity index is 1.88. The van der Waals surface area contributed by atoms with E-state index in [1.807, 2.05) is 12.1 Å². The fourth-order valence-corrected chi connectivity index (χ4v) is 2.41. The van der Waals surface area contributed by atoms with Gasteiger partial charge in [-0.15, -0.1) is 0 Å². The van der Waals surface area contributed by atoms with Crippen LogP contribution in [-0.4, -0.2) is 18.5 Å². The van der Waals surface area contributed by atoms with Gasteiger partial charge in [-0.1, -0.05) is 45.9 Å². The highest BCUT2D eigenvalue weighted by molar-refractivity contribution is 5.77. The molecule has 0 saturated heterocycles. The maximum absolute atomic E-state index is 12.1. The van der Waals surface area contributed by atoms with Crippen molar-refractivity contribution in [1.82, 2.24) is 5.32 Å². The van der Waals surface area contributed by atoms with Gasteiger partial charge < -0.3 is 10.6 Å². The second kappa shape index (κ2) is 5.86. The van der Waals surface area contributed by atoms with E-state index in [0.717, 1.165) is 13.0 Å². The summed E-state index contributed by atoms with van der Waals surface area (Å²) >= 11 is 0. The minimum absolute atomic E-state index is 0.165. The molecule has 0 saturated carbocycles. The van der Waals surface area contributed by atoms with Crippen LogP contribution in [0.2, 0.25) is 0 Å². The monoisotopic (exact) mass is 274 g/mol. The molecule has 1 aliphatic heterocycles. The number of para-hydroxylation sites is 1. The number of rotatable bonds is 3. The molecule has 0 bridgehead atoms. The first-order valence-electron chi connectivity index (χ1n) is 7.47. The molecular weight excluding hydrogens is 248 g/mol. The quantitative estimate of drug-likeness (QED) is 0.888. The van der Waals surface area contributed by atoms with E-state index in [1.165, 1.54) is 11.3 Å². The van der Waals surface area contributed by atoms with E-state index in [2.05, 4.69) is 50.5 Å². The highest BCUT2D eigenvalue weighted by Crippen LogP contribution is 2.28. The van der Waals surface area contributed by atoms with Crippen molar-refractivity contribution in [2.45, 2.75) is 46.6 Å². The summed E-state index contributed by atoms with van der Waals surface area (Å²) in [7, 11) is 0. The second-order valence-corrected chi connectivity index (χ2v) is 6.98. The number of benzene rings is 1. The zero-order valence-electron chi connectivity index (χ0n) is 13.0. The first-order chi connectivity index (χ1) is 9.36. The lowest BCUT2D eigenvalue weighted by Gasteiger charge is -2.30. The zero-order valence-corrected chi connectivity index (χ0v) is 13.0. The van der Waals surface area contributed by atoms with Gasteiger partial charge in [0.2, 0.25) is 5.91 Å². The largest absolute Gasteiger partial charge is 0.383 e. The summed E-state index contributed by atoms with van der Waals surface area (Å²) in [6, 6.07) is 8.50. The molecule has 1 heterocycles. The molecule has 0 fully saturated rings. The second-order valence-electron chi connectivity index (χ2n) is 6.98. The minimum atomic E-state index is 0.165. The fourth-order valence-electron chi connectivity index (χ4n) is 2.41. The Labute approximate surface area is 122 Å². The SMILES string of the molecule is CC(CC(=O)NC1CNc2ccccc2C1)C(C)(C)C. The van der Waals surface area contributed by atoms with Crippen LogP contribution in [0.5, 0.6) is 0 Å². The van der Waals surface area contributed by atoms with Crippen molar-refractivity contribution in [2.24, 2.45) is 11.3 Å². The van der Waals surface area contributed by atoms with Crippen LogP contribution in [0.15, 0.2) is 24.3 Å². The van der Waals surface area contributed by atoms with Crippen molar-refractivity contribution in [3.05, 3.63) is 29.8 Å². The number of carbonyl (C=O) groups excluding carboxylic acids is 1. The number of hydrogen-bond acceptors (Lipinski definition) is 2. The molecule has 0 radical (unpaired) electrons. The van der Waals surface area contributed by atoms with Gasteiger partial charge in [0.25, 0.3) is 0 Å². The number of nitrogens with one attached hydrogen (secondary N) is 2. The third-order valence-corrected chi connectivity index (χ3v) is 4.36. The van der Waals surface area contributed by atoms with Crippen LogP contribution < -0.4 is 10.6 Å². The van der Waals surface area contributed by atoms with Crippen molar-refractivity contribution in [1.29, 1.82) is 0 Å². The van der Waals surface area contributed by atoms with E-state index >= 15 is 0 Å². The molecule has 1 aliphatic rings. The molecule has 20 heavy (non-hydrogen) atoms. The first kappa shape index (κ1) is 14.9. The van der Waals surface area contributed by atoms with Crippen LogP contribution in [0.3, 0.4) is 0 Å². The summed E-state index contributed by atoms with van der Waals surface area (Å²) in [4.78, 5) is 12.1. The van der Waals surface area contributed by atoms with Crippen LogP contribution in [0.1, 0.15) is 39.7 Å². The fraction of sp³-hybridized carbons (Fsp3) is 0.588. The summed E-state index contributed by atoms with van der Waals surface area (Å²) in [5.41, 5.74) is 2.66. The first-order valence-corrected chi connectivity index (χ1v) is 7.47. The standard InChI is InChI=1S/C17H26N2O/c1-12(17(2,3)4)9-16(20)19-14-10-13-7-5-6-8-15(13)18-11-14/h5-8,12,14,18H,9-11H2,1-4H3,(H,19,20). The molecule has 0 spiro atoms. The predicted octanol–water partition coefficient (Wildman–Crippen LogP) is 3.21. The van der Waals surface area contributed by atoms with E-state index in [9.17, 15) is 4.79 Å². The van der Waals surface area contributed by atoms with Gasteiger partial charge in [0, 0.05) is 18.7 Å². The number of fused-ring (bicyclic) bond motifs is 1. The Hall–Kier alpha value is -1.51. The lowest BCUT2D eigenvalue weighted by molar-refractivity contribution is -0.123. The van der Waals surface area contributed by atoms with Gasteiger partial charge in [-0.3, -0.25) is 4.79 Å². The number of amides is 1. The number of carbonyl (C=O) groups is 1. The lowest BCUT2D eigenvalue weighted by Crippen LogP contribution is -2.44. The van der Waals surface area contributed by atoms with Gasteiger partial charge in [-0.2, -0.15) is 0 Å². The summed E-state index contributed by atoms with van der Waals surface area (Å²) in [5.74, 6) is 0.546. The van der Waals surface area contributed by atoms with Gasteiger partial charge in [0.05, 0.1) is 6.04 Å². The number of hydrogen-bond donors (Lipinski definition) is 2. The molecule has 3 nitrogen and oxygen atoms in total. The van der Waals surface area contributed by atoms with E-state index in [4.69, 9.17) is 0 Å².